The first-order chi connectivity index (χ1) is 9.37. The molecule has 1 fully saturated rings. The Kier molecular flexibility index (Phi) is 4.75. The van der Waals surface area contributed by atoms with Gasteiger partial charge in [-0.25, -0.2) is 0 Å². The van der Waals surface area contributed by atoms with Crippen molar-refractivity contribution in [3.63, 3.8) is 0 Å². The van der Waals surface area contributed by atoms with Gasteiger partial charge >= 0.3 is 6.18 Å². The minimum Gasteiger partial charge on any atom is -0.465 e. The average molecular weight is 290 g/mol. The molecule has 0 radical (unpaired) electrons. The number of nitrogens with zero attached hydrogens (tertiary/aromatic N) is 1. The predicted molar refractivity (Wildman–Crippen MR) is 70.3 cm³/mol. The Balaban J connectivity index is 1.91. The standard InChI is InChI=1S/C14H21F3N2O/c1-3-19(9-14(15,16)17)8-13-6-11(10(2)20-13)7-18-12-4-5-12/h6,12,18H,3-5,7-9H2,1-2H3. The lowest BCUT2D eigenvalue weighted by atomic mass is 10.2. The molecule has 1 aromatic rings. The first kappa shape index (κ1) is 15.4. The number of hydrogen-bond acceptors (Lipinski definition) is 3. The summed E-state index contributed by atoms with van der Waals surface area (Å²) in [6, 6.07) is 2.47. The molecule has 0 spiro atoms. The van der Waals surface area contributed by atoms with Crippen LogP contribution in [0.25, 0.3) is 0 Å². The smallest absolute Gasteiger partial charge is 0.401 e. The minimum atomic E-state index is -4.17. The first-order valence-electron chi connectivity index (χ1n) is 6.98. The molecule has 1 aromatic heterocycles. The van der Waals surface area contributed by atoms with Crippen molar-refractivity contribution in [2.75, 3.05) is 13.1 Å². The highest BCUT2D eigenvalue weighted by Crippen LogP contribution is 2.23. The van der Waals surface area contributed by atoms with Crippen LogP contribution in [0.15, 0.2) is 10.5 Å². The second kappa shape index (κ2) is 6.18. The molecule has 114 valence electrons. The summed E-state index contributed by atoms with van der Waals surface area (Å²) in [4.78, 5) is 1.33. The lowest BCUT2D eigenvalue weighted by Crippen LogP contribution is -2.33. The number of halogens is 3. The number of rotatable bonds is 7. The van der Waals surface area contributed by atoms with Crippen LogP contribution in [-0.2, 0) is 13.1 Å². The summed E-state index contributed by atoms with van der Waals surface area (Å²) in [5.41, 5.74) is 1.04. The molecule has 6 heteroatoms. The number of hydrogen-bond donors (Lipinski definition) is 1. The van der Waals surface area contributed by atoms with Crippen molar-refractivity contribution in [1.29, 1.82) is 0 Å². The maximum absolute atomic E-state index is 12.4. The van der Waals surface area contributed by atoms with Crippen molar-refractivity contribution in [1.82, 2.24) is 10.2 Å². The van der Waals surface area contributed by atoms with E-state index < -0.39 is 12.7 Å². The highest BCUT2D eigenvalue weighted by Gasteiger charge is 2.30. The van der Waals surface area contributed by atoms with E-state index in [9.17, 15) is 13.2 Å². The fourth-order valence-corrected chi connectivity index (χ4v) is 2.14. The summed E-state index contributed by atoms with van der Waals surface area (Å²) >= 11 is 0. The van der Waals surface area contributed by atoms with Crippen LogP contribution in [-0.4, -0.2) is 30.2 Å². The molecule has 0 atom stereocenters. The lowest BCUT2D eigenvalue weighted by Gasteiger charge is -2.20. The van der Waals surface area contributed by atoms with Gasteiger partial charge in [0.25, 0.3) is 0 Å². The van der Waals surface area contributed by atoms with Crippen LogP contribution in [0.4, 0.5) is 13.2 Å². The van der Waals surface area contributed by atoms with Gasteiger partial charge in [0.2, 0.25) is 0 Å². The molecule has 1 saturated carbocycles. The Labute approximate surface area is 117 Å². The quantitative estimate of drug-likeness (QED) is 0.836. The van der Waals surface area contributed by atoms with Crippen molar-refractivity contribution in [3.05, 3.63) is 23.2 Å². The maximum atomic E-state index is 12.4. The molecule has 1 aliphatic carbocycles. The van der Waals surface area contributed by atoms with Gasteiger partial charge in [-0.15, -0.1) is 0 Å². The zero-order valence-corrected chi connectivity index (χ0v) is 11.9. The van der Waals surface area contributed by atoms with E-state index >= 15 is 0 Å². The van der Waals surface area contributed by atoms with Gasteiger partial charge in [0.15, 0.2) is 0 Å². The molecule has 0 aromatic carbocycles. The number of alkyl halides is 3. The van der Waals surface area contributed by atoms with Crippen molar-refractivity contribution in [2.45, 2.75) is 52.0 Å². The molecule has 0 aliphatic heterocycles. The van der Waals surface area contributed by atoms with Gasteiger partial charge in [0, 0.05) is 18.2 Å². The average Bonchev–Trinajstić information content (AvgIpc) is 3.09. The number of nitrogens with one attached hydrogen (secondary N) is 1. The van der Waals surface area contributed by atoms with E-state index in [1.807, 2.05) is 13.0 Å². The van der Waals surface area contributed by atoms with E-state index in [1.165, 1.54) is 17.7 Å². The molecule has 20 heavy (non-hydrogen) atoms. The van der Waals surface area contributed by atoms with Gasteiger partial charge in [0.1, 0.15) is 11.5 Å². The summed E-state index contributed by atoms with van der Waals surface area (Å²) in [5, 5.41) is 3.38. The molecule has 1 heterocycles. The molecule has 0 unspecified atom stereocenters. The van der Waals surface area contributed by atoms with Gasteiger partial charge in [-0.05, 0) is 32.4 Å². The monoisotopic (exact) mass is 290 g/mol. The van der Waals surface area contributed by atoms with E-state index in [-0.39, 0.29) is 6.54 Å². The third-order valence-electron chi connectivity index (χ3n) is 3.46. The summed E-state index contributed by atoms with van der Waals surface area (Å²) in [6.45, 7) is 3.93. The van der Waals surface area contributed by atoms with Gasteiger partial charge in [-0.1, -0.05) is 6.92 Å². The molecular formula is C14H21F3N2O. The normalized spacial score (nSPS) is 16.1. The van der Waals surface area contributed by atoms with E-state index in [2.05, 4.69) is 5.32 Å². The number of aryl methyl sites for hydroxylation is 1. The third-order valence-corrected chi connectivity index (χ3v) is 3.46. The Bertz CT molecular complexity index is 438. The first-order valence-corrected chi connectivity index (χ1v) is 6.98. The van der Waals surface area contributed by atoms with Crippen molar-refractivity contribution >= 4 is 0 Å². The SMILES string of the molecule is CCN(Cc1cc(CNC2CC2)c(C)o1)CC(F)(F)F. The van der Waals surface area contributed by atoms with E-state index in [1.54, 1.807) is 6.92 Å². The zero-order valence-electron chi connectivity index (χ0n) is 11.9. The maximum Gasteiger partial charge on any atom is 0.401 e. The zero-order chi connectivity index (χ0) is 14.8. The van der Waals surface area contributed by atoms with Crippen molar-refractivity contribution < 1.29 is 17.6 Å². The molecule has 3 nitrogen and oxygen atoms in total. The van der Waals surface area contributed by atoms with Crippen LogP contribution in [0.2, 0.25) is 0 Å². The number of furan rings is 1. The van der Waals surface area contributed by atoms with E-state index in [4.69, 9.17) is 4.42 Å². The molecule has 0 saturated heterocycles. The van der Waals surface area contributed by atoms with Crippen LogP contribution in [0.1, 0.15) is 36.8 Å². The molecule has 0 bridgehead atoms. The molecular weight excluding hydrogens is 269 g/mol. The molecule has 1 N–H and O–H groups in total. The third kappa shape index (κ3) is 4.83. The highest BCUT2D eigenvalue weighted by atomic mass is 19.4. The Morgan fingerprint density at radius 2 is 2.10 bits per heavy atom. The largest absolute Gasteiger partial charge is 0.465 e. The second-order valence-corrected chi connectivity index (χ2v) is 5.37. The Morgan fingerprint density at radius 3 is 2.65 bits per heavy atom. The summed E-state index contributed by atoms with van der Waals surface area (Å²) < 4.78 is 42.8. The summed E-state index contributed by atoms with van der Waals surface area (Å²) in [6.07, 6.45) is -1.76. The molecule has 2 rings (SSSR count). The second-order valence-electron chi connectivity index (χ2n) is 5.37. The lowest BCUT2D eigenvalue weighted by molar-refractivity contribution is -0.147. The topological polar surface area (TPSA) is 28.4 Å². The fourth-order valence-electron chi connectivity index (χ4n) is 2.14. The van der Waals surface area contributed by atoms with Crippen LogP contribution in [0.5, 0.6) is 0 Å². The molecule has 0 amide bonds. The van der Waals surface area contributed by atoms with Crippen molar-refractivity contribution in [2.24, 2.45) is 0 Å². The van der Waals surface area contributed by atoms with Crippen LogP contribution >= 0.6 is 0 Å². The van der Waals surface area contributed by atoms with E-state index in [0.29, 0.717) is 18.3 Å². The fraction of sp³-hybridized carbons (Fsp3) is 0.714. The van der Waals surface area contributed by atoms with E-state index in [0.717, 1.165) is 17.9 Å². The van der Waals surface area contributed by atoms with Gasteiger partial charge < -0.3 is 9.73 Å². The minimum absolute atomic E-state index is 0.195. The Morgan fingerprint density at radius 1 is 1.40 bits per heavy atom. The Hall–Kier alpha value is -1.01. The molecule has 1 aliphatic rings. The highest BCUT2D eigenvalue weighted by molar-refractivity contribution is 5.21. The van der Waals surface area contributed by atoms with Crippen LogP contribution < -0.4 is 5.32 Å². The van der Waals surface area contributed by atoms with Crippen molar-refractivity contribution in [3.8, 4) is 0 Å². The summed E-state index contributed by atoms with van der Waals surface area (Å²) in [7, 11) is 0. The van der Waals surface area contributed by atoms with Crippen LogP contribution in [0, 0.1) is 6.92 Å². The van der Waals surface area contributed by atoms with Gasteiger partial charge in [-0.2, -0.15) is 13.2 Å². The van der Waals surface area contributed by atoms with Gasteiger partial charge in [0.05, 0.1) is 13.1 Å². The van der Waals surface area contributed by atoms with Gasteiger partial charge in [-0.3, -0.25) is 4.90 Å². The predicted octanol–water partition coefficient (Wildman–Crippen LogP) is 3.22. The van der Waals surface area contributed by atoms with Crippen LogP contribution in [0.3, 0.4) is 0 Å². The summed E-state index contributed by atoms with van der Waals surface area (Å²) in [5.74, 6) is 1.39.